The maximum Gasteiger partial charge on any atom is 0.194 e. The van der Waals surface area contributed by atoms with Crippen LogP contribution in [0.5, 0.6) is 0 Å². The zero-order valence-corrected chi connectivity index (χ0v) is 17.9. The van der Waals surface area contributed by atoms with Gasteiger partial charge in [-0.1, -0.05) is 36.4 Å². The van der Waals surface area contributed by atoms with Gasteiger partial charge in [0.25, 0.3) is 0 Å². The number of fused-ring (bicyclic) bond motifs is 2. The fraction of sp³-hybridized carbons (Fsp3) is 0. The predicted octanol–water partition coefficient (Wildman–Crippen LogP) is 5.98. The van der Waals surface area contributed by atoms with Gasteiger partial charge in [-0.25, -0.2) is 4.98 Å². The molecule has 0 saturated carbocycles. The van der Waals surface area contributed by atoms with E-state index in [-0.39, 0.29) is 11.4 Å². The van der Waals surface area contributed by atoms with Gasteiger partial charge in [0.05, 0.1) is 16.3 Å². The number of hydrogen-bond acceptors (Lipinski definition) is 7. The van der Waals surface area contributed by atoms with E-state index in [2.05, 4.69) is 6.07 Å². The van der Waals surface area contributed by atoms with E-state index in [0.29, 0.717) is 27.8 Å². The van der Waals surface area contributed by atoms with Crippen molar-refractivity contribution in [3.05, 3.63) is 87.3 Å². The highest BCUT2D eigenvalue weighted by molar-refractivity contribution is 7.29. The number of Topliss-reactive ketones (excluding diaryl/α,β-unsaturated/α-hetero) is 1. The summed E-state index contributed by atoms with van der Waals surface area (Å²) in [5, 5.41) is 28.7. The molecule has 1 aliphatic rings. The van der Waals surface area contributed by atoms with Crippen LogP contribution in [-0.2, 0) is 0 Å². The van der Waals surface area contributed by atoms with Crippen LogP contribution in [0.3, 0.4) is 0 Å². The lowest BCUT2D eigenvalue weighted by Gasteiger charge is -2.01. The molecule has 0 saturated heterocycles. The lowest BCUT2D eigenvalue weighted by Crippen LogP contribution is -1.95. The van der Waals surface area contributed by atoms with E-state index in [1.807, 2.05) is 30.3 Å². The molecular weight excluding hydrogens is 436 g/mol. The lowest BCUT2D eigenvalue weighted by atomic mass is 9.99. The van der Waals surface area contributed by atoms with Crippen LogP contribution in [0.1, 0.15) is 26.4 Å². The number of aromatic nitrogens is 1. The molecular formula is C25H10N4OS2. The van der Waals surface area contributed by atoms with Crippen molar-refractivity contribution in [1.82, 2.24) is 4.98 Å². The zero-order valence-electron chi connectivity index (χ0n) is 16.3. The molecule has 0 N–H and O–H groups in total. The molecule has 0 spiro atoms. The van der Waals surface area contributed by atoms with Gasteiger partial charge in [0, 0.05) is 27.2 Å². The highest BCUT2D eigenvalue weighted by atomic mass is 32.1. The minimum absolute atomic E-state index is 0.0749. The van der Waals surface area contributed by atoms with Crippen molar-refractivity contribution in [2.24, 2.45) is 0 Å². The van der Waals surface area contributed by atoms with Gasteiger partial charge in [-0.05, 0) is 29.8 Å². The van der Waals surface area contributed by atoms with Gasteiger partial charge >= 0.3 is 0 Å². The highest BCUT2D eigenvalue weighted by Crippen LogP contribution is 2.42. The molecule has 0 bridgehead atoms. The van der Waals surface area contributed by atoms with Gasteiger partial charge in [0.2, 0.25) is 0 Å². The molecule has 1 aliphatic carbocycles. The SMILES string of the molecule is N#CC(C#N)=C1/C(=C/c2cc3sc(-c4ccc(C#N)cc4)nc3s2)C(=O)c2ccccc21. The number of benzene rings is 2. The van der Waals surface area contributed by atoms with E-state index >= 15 is 0 Å². The number of carbonyl (C=O) groups is 1. The maximum absolute atomic E-state index is 13.0. The number of allylic oxidation sites excluding steroid dienone is 3. The van der Waals surface area contributed by atoms with Crippen molar-refractivity contribution < 1.29 is 4.79 Å². The Morgan fingerprint density at radius 1 is 0.938 bits per heavy atom. The average molecular weight is 447 g/mol. The quantitative estimate of drug-likeness (QED) is 0.278. The summed E-state index contributed by atoms with van der Waals surface area (Å²) in [7, 11) is 0. The third-order valence-electron chi connectivity index (χ3n) is 5.08. The molecule has 2 heterocycles. The van der Waals surface area contributed by atoms with Crippen LogP contribution in [0.25, 0.3) is 31.8 Å². The lowest BCUT2D eigenvalue weighted by molar-refractivity contribution is 0.104. The van der Waals surface area contributed by atoms with Crippen molar-refractivity contribution in [3.63, 3.8) is 0 Å². The first-order valence-corrected chi connectivity index (χ1v) is 11.1. The second kappa shape index (κ2) is 7.72. The number of thiazole rings is 1. The van der Waals surface area contributed by atoms with E-state index in [4.69, 9.17) is 10.2 Å². The maximum atomic E-state index is 13.0. The molecule has 4 aromatic rings. The number of nitriles is 3. The number of ketones is 1. The first-order valence-electron chi connectivity index (χ1n) is 9.44. The van der Waals surface area contributed by atoms with E-state index in [1.54, 1.807) is 42.5 Å². The number of hydrogen-bond donors (Lipinski definition) is 0. The Hall–Kier alpha value is -4.35. The Morgan fingerprint density at radius 2 is 1.66 bits per heavy atom. The summed E-state index contributed by atoms with van der Waals surface area (Å²) in [5.74, 6) is -0.193. The predicted molar refractivity (Wildman–Crippen MR) is 125 cm³/mol. The molecule has 0 fully saturated rings. The first-order chi connectivity index (χ1) is 15.6. The highest BCUT2D eigenvalue weighted by Gasteiger charge is 2.32. The van der Waals surface area contributed by atoms with Crippen LogP contribution in [0.4, 0.5) is 0 Å². The normalized spacial score (nSPS) is 13.6. The van der Waals surface area contributed by atoms with Crippen molar-refractivity contribution >= 4 is 49.6 Å². The van der Waals surface area contributed by atoms with Crippen LogP contribution < -0.4 is 0 Å². The molecule has 5 rings (SSSR count). The number of nitrogens with zero attached hydrogens (tertiary/aromatic N) is 4. The van der Waals surface area contributed by atoms with Gasteiger partial charge in [0.15, 0.2) is 5.78 Å². The Labute approximate surface area is 191 Å². The summed E-state index contributed by atoms with van der Waals surface area (Å²) in [5.41, 5.74) is 3.31. The largest absolute Gasteiger partial charge is 0.289 e. The molecule has 0 atom stereocenters. The molecule has 148 valence electrons. The minimum atomic E-state index is -0.193. The zero-order chi connectivity index (χ0) is 22.2. The summed E-state index contributed by atoms with van der Waals surface area (Å²) in [6.45, 7) is 0. The van der Waals surface area contributed by atoms with E-state index in [1.165, 1.54) is 22.7 Å². The van der Waals surface area contributed by atoms with Gasteiger partial charge in [-0.2, -0.15) is 15.8 Å². The van der Waals surface area contributed by atoms with E-state index < -0.39 is 0 Å². The number of carbonyl (C=O) groups excluding carboxylic acids is 1. The van der Waals surface area contributed by atoms with Crippen LogP contribution in [-0.4, -0.2) is 10.8 Å². The molecule has 32 heavy (non-hydrogen) atoms. The molecule has 0 aliphatic heterocycles. The molecule has 5 nitrogen and oxygen atoms in total. The van der Waals surface area contributed by atoms with Crippen molar-refractivity contribution in [2.75, 3.05) is 0 Å². The van der Waals surface area contributed by atoms with Crippen molar-refractivity contribution in [2.45, 2.75) is 0 Å². The second-order valence-electron chi connectivity index (χ2n) is 6.93. The van der Waals surface area contributed by atoms with E-state index in [0.717, 1.165) is 25.0 Å². The minimum Gasteiger partial charge on any atom is -0.289 e. The molecule has 0 unspecified atom stereocenters. The molecule has 0 amide bonds. The standard InChI is InChI=1S/C25H10N4OS2/c26-11-14-5-7-15(8-6-14)24-29-25-21(32-24)10-17(31-25)9-20-22(16(12-27)13-28)18-3-1-2-4-19(18)23(20)30/h1-10H/b20-9-. The fourth-order valence-electron chi connectivity index (χ4n) is 3.62. The summed E-state index contributed by atoms with van der Waals surface area (Å²) in [4.78, 5) is 19.4. The summed E-state index contributed by atoms with van der Waals surface area (Å²) in [6, 6.07) is 22.2. The topological polar surface area (TPSA) is 101 Å². The van der Waals surface area contributed by atoms with Crippen LogP contribution >= 0.6 is 22.7 Å². The third kappa shape index (κ3) is 3.12. The van der Waals surface area contributed by atoms with Crippen LogP contribution in [0.2, 0.25) is 0 Å². The summed E-state index contributed by atoms with van der Waals surface area (Å²) in [6.07, 6.45) is 1.74. The number of thiophene rings is 1. The Balaban J connectivity index is 1.58. The van der Waals surface area contributed by atoms with Crippen molar-refractivity contribution in [3.8, 4) is 28.8 Å². The summed E-state index contributed by atoms with van der Waals surface area (Å²) >= 11 is 2.98. The Morgan fingerprint density at radius 3 is 2.31 bits per heavy atom. The second-order valence-corrected chi connectivity index (χ2v) is 9.03. The van der Waals surface area contributed by atoms with Gasteiger partial charge in [-0.3, -0.25) is 4.79 Å². The fourth-order valence-corrected chi connectivity index (χ4v) is 5.80. The molecule has 2 aromatic carbocycles. The van der Waals surface area contributed by atoms with E-state index in [9.17, 15) is 15.3 Å². The molecule has 0 radical (unpaired) electrons. The van der Waals surface area contributed by atoms with Gasteiger partial charge in [-0.15, -0.1) is 22.7 Å². The van der Waals surface area contributed by atoms with Crippen LogP contribution in [0.15, 0.2) is 65.7 Å². The number of rotatable bonds is 2. The first kappa shape index (κ1) is 19.6. The smallest absolute Gasteiger partial charge is 0.194 e. The van der Waals surface area contributed by atoms with Gasteiger partial charge < -0.3 is 0 Å². The van der Waals surface area contributed by atoms with Crippen molar-refractivity contribution in [1.29, 1.82) is 15.8 Å². The Bertz CT molecular complexity index is 1570. The van der Waals surface area contributed by atoms with Gasteiger partial charge in [0.1, 0.15) is 27.5 Å². The third-order valence-corrected chi connectivity index (χ3v) is 7.24. The monoisotopic (exact) mass is 446 g/mol. The Kier molecular flexibility index (Phi) is 4.73. The molecule has 7 heteroatoms. The molecule has 2 aromatic heterocycles. The van der Waals surface area contributed by atoms with Crippen LogP contribution in [0, 0.1) is 34.0 Å². The summed E-state index contributed by atoms with van der Waals surface area (Å²) < 4.78 is 0.982. The average Bonchev–Trinajstić information content (AvgIpc) is 3.47.